The van der Waals surface area contributed by atoms with Gasteiger partial charge in [-0.15, -0.1) is 0 Å². The van der Waals surface area contributed by atoms with Gasteiger partial charge in [-0.3, -0.25) is 4.79 Å². The molecule has 11 heteroatoms. The molecule has 1 aromatic carbocycles. The molecule has 1 unspecified atom stereocenters. The number of hydrogen-bond donors (Lipinski definition) is 3. The van der Waals surface area contributed by atoms with Crippen molar-refractivity contribution >= 4 is 33.6 Å². The molecule has 3 N–H and O–H groups in total. The highest BCUT2D eigenvalue weighted by atomic mass is 35.5. The van der Waals surface area contributed by atoms with Crippen LogP contribution in [0.5, 0.6) is 0 Å². The zero-order valence-corrected chi connectivity index (χ0v) is 25.9. The number of carbonyl (C=O) groups is 2. The zero-order valence-electron chi connectivity index (χ0n) is 24.3. The number of rotatable bonds is 12. The Morgan fingerprint density at radius 2 is 1.85 bits per heavy atom. The topological polar surface area (TPSA) is 117 Å². The lowest BCUT2D eigenvalue weighted by atomic mass is 9.79. The van der Waals surface area contributed by atoms with Crippen LogP contribution in [0.4, 0.5) is 4.79 Å². The normalized spacial score (nSPS) is 23.8. The monoisotopic (exact) mass is 598 g/mol. The lowest BCUT2D eigenvalue weighted by molar-refractivity contribution is -0.125. The zero-order chi connectivity index (χ0) is 29.3. The molecule has 0 bridgehead atoms. The van der Waals surface area contributed by atoms with Crippen molar-refractivity contribution < 1.29 is 22.7 Å². The third kappa shape index (κ3) is 8.81. The molecule has 1 heterocycles. The standard InChI is InChI=1S/C29H47ClN4O5S/c1-5-18-40(37,38)34-17-16-31-19-24(34)15-12-21-8-6-7-9-25(21)32-28(35)27(33-29(36)39-4)26(20(2)3)22-10-13-23(30)14-11-22/h10-11,13-14,20-21,24-27,31H,5-9,12,15-19H2,1-4H3,(H,32,35)(H,33,36)/t21-,24+,25+,26?,27+/m1/s1. The summed E-state index contributed by atoms with van der Waals surface area (Å²) < 4.78 is 32.3. The van der Waals surface area contributed by atoms with Crippen LogP contribution in [0.15, 0.2) is 24.3 Å². The summed E-state index contributed by atoms with van der Waals surface area (Å²) in [5, 5.41) is 10.0. The molecular formula is C29H47ClN4O5S. The van der Waals surface area contributed by atoms with Crippen LogP contribution >= 0.6 is 11.6 Å². The number of piperazine rings is 1. The molecule has 0 radical (unpaired) electrons. The average Bonchev–Trinajstić information content (AvgIpc) is 2.93. The number of alkyl carbamates (subject to hydrolysis) is 1. The third-order valence-electron chi connectivity index (χ3n) is 8.30. The second kappa shape index (κ2) is 15.4. The van der Waals surface area contributed by atoms with Crippen LogP contribution in [0.2, 0.25) is 5.02 Å². The number of sulfonamides is 1. The van der Waals surface area contributed by atoms with E-state index in [9.17, 15) is 18.0 Å². The Hall–Kier alpha value is -1.88. The molecule has 2 amide bonds. The minimum absolute atomic E-state index is 0.0431. The molecule has 9 nitrogen and oxygen atoms in total. The van der Waals surface area contributed by atoms with Crippen LogP contribution in [-0.4, -0.2) is 75.3 Å². The van der Waals surface area contributed by atoms with E-state index in [-0.39, 0.29) is 41.5 Å². The minimum atomic E-state index is -3.28. The molecular weight excluding hydrogens is 552 g/mol. The van der Waals surface area contributed by atoms with Crippen molar-refractivity contribution in [3.8, 4) is 0 Å². The van der Waals surface area contributed by atoms with Crippen LogP contribution in [0.1, 0.15) is 77.2 Å². The van der Waals surface area contributed by atoms with Crippen LogP contribution in [0, 0.1) is 11.8 Å². The van der Waals surface area contributed by atoms with Gasteiger partial charge in [-0.2, -0.15) is 4.31 Å². The summed E-state index contributed by atoms with van der Waals surface area (Å²) in [6.45, 7) is 7.76. The maximum atomic E-state index is 13.9. The van der Waals surface area contributed by atoms with Gasteiger partial charge in [0.1, 0.15) is 6.04 Å². The first-order valence-corrected chi connectivity index (χ1v) is 16.7. The maximum Gasteiger partial charge on any atom is 0.407 e. The van der Waals surface area contributed by atoms with Crippen LogP contribution in [-0.2, 0) is 19.6 Å². The van der Waals surface area contributed by atoms with E-state index >= 15 is 0 Å². The van der Waals surface area contributed by atoms with E-state index in [1.165, 1.54) is 7.11 Å². The van der Waals surface area contributed by atoms with Gasteiger partial charge in [0.05, 0.1) is 12.9 Å². The van der Waals surface area contributed by atoms with Gasteiger partial charge in [-0.1, -0.05) is 57.3 Å². The maximum absolute atomic E-state index is 13.9. The highest BCUT2D eigenvalue weighted by molar-refractivity contribution is 7.89. The second-order valence-corrected chi connectivity index (χ2v) is 13.9. The van der Waals surface area contributed by atoms with E-state index in [1.54, 1.807) is 16.4 Å². The van der Waals surface area contributed by atoms with Crippen molar-refractivity contribution in [2.45, 2.75) is 89.8 Å². The fraction of sp³-hybridized carbons (Fsp3) is 0.724. The Balaban J connectivity index is 1.75. The SMILES string of the molecule is CCCS(=O)(=O)N1CCNC[C@@H]1CC[C@H]1CCCC[C@@H]1NC(=O)[C@@H](NC(=O)OC)C(c1ccc(Cl)cc1)C(C)C. The van der Waals surface area contributed by atoms with Crippen LogP contribution < -0.4 is 16.0 Å². The Labute approximate surface area is 245 Å². The molecule has 1 aliphatic heterocycles. The largest absolute Gasteiger partial charge is 0.453 e. The molecule has 226 valence electrons. The Morgan fingerprint density at radius 1 is 1.15 bits per heavy atom. The van der Waals surface area contributed by atoms with Gasteiger partial charge >= 0.3 is 6.09 Å². The quantitative estimate of drug-likeness (QED) is 0.331. The van der Waals surface area contributed by atoms with Crippen molar-refractivity contribution in [1.29, 1.82) is 0 Å². The van der Waals surface area contributed by atoms with Crippen molar-refractivity contribution in [2.24, 2.45) is 11.8 Å². The van der Waals surface area contributed by atoms with Gasteiger partial charge < -0.3 is 20.7 Å². The third-order valence-corrected chi connectivity index (χ3v) is 10.7. The first-order chi connectivity index (χ1) is 19.1. The van der Waals surface area contributed by atoms with Crippen LogP contribution in [0.3, 0.4) is 0 Å². The first-order valence-electron chi connectivity index (χ1n) is 14.7. The highest BCUT2D eigenvalue weighted by Gasteiger charge is 2.37. The molecule has 1 aliphatic carbocycles. The molecule has 5 atom stereocenters. The first kappa shape index (κ1) is 32.6. The number of hydrogen-bond acceptors (Lipinski definition) is 6. The molecule has 40 heavy (non-hydrogen) atoms. The summed E-state index contributed by atoms with van der Waals surface area (Å²) in [5.74, 6) is -0.0649. The van der Waals surface area contributed by atoms with Gasteiger partial charge in [0.15, 0.2) is 0 Å². The summed E-state index contributed by atoms with van der Waals surface area (Å²) in [6, 6.07) is 6.43. The summed E-state index contributed by atoms with van der Waals surface area (Å²) >= 11 is 6.12. The highest BCUT2D eigenvalue weighted by Crippen LogP contribution is 2.32. The van der Waals surface area contributed by atoms with Crippen molar-refractivity contribution in [1.82, 2.24) is 20.3 Å². The van der Waals surface area contributed by atoms with E-state index in [2.05, 4.69) is 16.0 Å². The number of methoxy groups -OCH3 is 1. The number of nitrogens with zero attached hydrogens (tertiary/aromatic N) is 1. The Bertz CT molecular complexity index is 1070. The van der Waals surface area contributed by atoms with Crippen molar-refractivity contribution in [3.63, 3.8) is 0 Å². The molecule has 3 rings (SSSR count). The fourth-order valence-electron chi connectivity index (χ4n) is 6.30. The number of halogens is 1. The van der Waals surface area contributed by atoms with E-state index < -0.39 is 22.2 Å². The van der Waals surface area contributed by atoms with Crippen LogP contribution in [0.25, 0.3) is 0 Å². The number of nitrogens with one attached hydrogen (secondary N) is 3. The van der Waals surface area contributed by atoms with Gasteiger partial charge in [0, 0.05) is 42.7 Å². The molecule has 1 saturated heterocycles. The summed E-state index contributed by atoms with van der Waals surface area (Å²) in [4.78, 5) is 26.2. The molecule has 0 aromatic heterocycles. The predicted molar refractivity (Wildman–Crippen MR) is 159 cm³/mol. The Morgan fingerprint density at radius 3 is 2.50 bits per heavy atom. The second-order valence-electron chi connectivity index (χ2n) is 11.5. The summed E-state index contributed by atoms with van der Waals surface area (Å²) in [7, 11) is -1.99. The molecule has 0 spiro atoms. The fourth-order valence-corrected chi connectivity index (χ4v) is 8.18. The smallest absolute Gasteiger partial charge is 0.407 e. The number of amides is 2. The van der Waals surface area contributed by atoms with Gasteiger partial charge in [-0.05, 0) is 61.6 Å². The molecule has 1 aromatic rings. The lowest BCUT2D eigenvalue weighted by Gasteiger charge is -2.38. The lowest BCUT2D eigenvalue weighted by Crippen LogP contribution is -2.55. The van der Waals surface area contributed by atoms with Gasteiger partial charge in [0.2, 0.25) is 15.9 Å². The van der Waals surface area contributed by atoms with E-state index in [0.29, 0.717) is 31.1 Å². The molecule has 1 saturated carbocycles. The predicted octanol–water partition coefficient (Wildman–Crippen LogP) is 4.27. The van der Waals surface area contributed by atoms with E-state index in [4.69, 9.17) is 16.3 Å². The van der Waals surface area contributed by atoms with Crippen molar-refractivity contribution in [2.75, 3.05) is 32.5 Å². The average molecular weight is 599 g/mol. The van der Waals surface area contributed by atoms with Gasteiger partial charge in [-0.25, -0.2) is 13.2 Å². The number of benzene rings is 1. The number of carbonyl (C=O) groups excluding carboxylic acids is 2. The Kier molecular flexibility index (Phi) is 12.5. The van der Waals surface area contributed by atoms with E-state index in [1.807, 2.05) is 32.9 Å². The van der Waals surface area contributed by atoms with Gasteiger partial charge in [0.25, 0.3) is 0 Å². The van der Waals surface area contributed by atoms with Crippen molar-refractivity contribution in [3.05, 3.63) is 34.9 Å². The molecule has 2 aliphatic rings. The minimum Gasteiger partial charge on any atom is -0.453 e. The van der Waals surface area contributed by atoms with E-state index in [0.717, 1.165) is 44.1 Å². The number of ether oxygens (including phenoxy) is 1. The molecule has 2 fully saturated rings. The summed E-state index contributed by atoms with van der Waals surface area (Å²) in [5.41, 5.74) is 0.911. The summed E-state index contributed by atoms with van der Waals surface area (Å²) in [6.07, 6.45) is 5.46.